The van der Waals surface area contributed by atoms with Crippen LogP contribution in [0.1, 0.15) is 25.3 Å². The highest BCUT2D eigenvalue weighted by atomic mass is 16.6. The summed E-state index contributed by atoms with van der Waals surface area (Å²) >= 11 is 0. The third kappa shape index (κ3) is 3.48. The van der Waals surface area contributed by atoms with Gasteiger partial charge in [0.05, 0.1) is 0 Å². The third-order valence-corrected chi connectivity index (χ3v) is 3.25. The first-order valence-corrected chi connectivity index (χ1v) is 6.21. The van der Waals surface area contributed by atoms with E-state index < -0.39 is 0 Å². The molecule has 3 nitrogen and oxygen atoms in total. The highest BCUT2D eigenvalue weighted by Crippen LogP contribution is 2.16. The fraction of sp³-hybridized carbons (Fsp3) is 0.500. The fourth-order valence-corrected chi connectivity index (χ4v) is 2.00. The van der Waals surface area contributed by atoms with Gasteiger partial charge in [0.1, 0.15) is 6.61 Å². The van der Waals surface area contributed by atoms with Crippen molar-refractivity contribution < 1.29 is 9.53 Å². The van der Waals surface area contributed by atoms with E-state index in [0.29, 0.717) is 6.61 Å². The van der Waals surface area contributed by atoms with Gasteiger partial charge < -0.3 is 9.64 Å². The smallest absolute Gasteiger partial charge is 0.410 e. The van der Waals surface area contributed by atoms with Gasteiger partial charge in [-0.3, -0.25) is 0 Å². The Morgan fingerprint density at radius 1 is 1.29 bits per heavy atom. The number of ether oxygens (including phenoxy) is 1. The summed E-state index contributed by atoms with van der Waals surface area (Å²) in [5.41, 5.74) is 1.03. The van der Waals surface area contributed by atoms with Crippen LogP contribution in [0.4, 0.5) is 4.79 Å². The van der Waals surface area contributed by atoms with Gasteiger partial charge in [-0.2, -0.15) is 0 Å². The number of likely N-dealkylation sites (tertiary alicyclic amines) is 1. The van der Waals surface area contributed by atoms with E-state index in [9.17, 15) is 4.79 Å². The van der Waals surface area contributed by atoms with Crippen molar-refractivity contribution in [2.24, 2.45) is 5.92 Å². The summed E-state index contributed by atoms with van der Waals surface area (Å²) in [6.07, 6.45) is 1.99. The summed E-state index contributed by atoms with van der Waals surface area (Å²) < 4.78 is 5.29. The predicted octanol–water partition coefficient (Wildman–Crippen LogP) is 3.06. The predicted molar refractivity (Wildman–Crippen MR) is 66.6 cm³/mol. The minimum atomic E-state index is -0.180. The molecule has 0 saturated carbocycles. The summed E-state index contributed by atoms with van der Waals surface area (Å²) in [7, 11) is 0. The molecule has 2 rings (SSSR count). The van der Waals surface area contributed by atoms with Crippen LogP contribution >= 0.6 is 0 Å². The van der Waals surface area contributed by atoms with Crippen LogP contribution in [-0.2, 0) is 11.3 Å². The van der Waals surface area contributed by atoms with E-state index in [1.54, 1.807) is 0 Å². The molecule has 0 radical (unpaired) electrons. The van der Waals surface area contributed by atoms with Crippen LogP contribution in [0.5, 0.6) is 0 Å². The van der Waals surface area contributed by atoms with Crippen LogP contribution in [0.2, 0.25) is 0 Å². The van der Waals surface area contributed by atoms with Gasteiger partial charge in [-0.25, -0.2) is 4.79 Å². The van der Waals surface area contributed by atoms with Crippen molar-refractivity contribution in [1.82, 2.24) is 4.90 Å². The van der Waals surface area contributed by atoms with Gasteiger partial charge in [0.2, 0.25) is 0 Å². The Bertz CT molecular complexity index is 356. The van der Waals surface area contributed by atoms with Crippen molar-refractivity contribution in [2.45, 2.75) is 26.4 Å². The number of nitrogens with zero attached hydrogens (tertiary/aromatic N) is 1. The maximum absolute atomic E-state index is 11.8. The zero-order chi connectivity index (χ0) is 12.1. The summed E-state index contributed by atoms with van der Waals surface area (Å²) in [6.45, 7) is 4.25. The second-order valence-electron chi connectivity index (χ2n) is 4.71. The molecule has 0 spiro atoms. The van der Waals surface area contributed by atoms with E-state index in [4.69, 9.17) is 4.74 Å². The number of carbonyl (C=O) groups excluding carboxylic acids is 1. The van der Waals surface area contributed by atoms with E-state index in [2.05, 4.69) is 6.92 Å². The molecule has 0 atom stereocenters. The van der Waals surface area contributed by atoms with Crippen LogP contribution in [0.25, 0.3) is 0 Å². The monoisotopic (exact) mass is 233 g/mol. The molecular formula is C14H19NO2. The van der Waals surface area contributed by atoms with E-state index in [1.165, 1.54) is 0 Å². The molecule has 3 heteroatoms. The number of rotatable bonds is 2. The average Bonchev–Trinajstić information content (AvgIpc) is 2.38. The van der Waals surface area contributed by atoms with E-state index in [1.807, 2.05) is 35.2 Å². The Kier molecular flexibility index (Phi) is 4.02. The molecule has 1 fully saturated rings. The molecular weight excluding hydrogens is 214 g/mol. The molecule has 0 aromatic heterocycles. The Labute approximate surface area is 102 Å². The van der Waals surface area contributed by atoms with E-state index in [-0.39, 0.29) is 6.09 Å². The standard InChI is InChI=1S/C14H19NO2/c1-12-7-9-15(10-8-12)14(16)17-11-13-5-3-2-4-6-13/h2-6,12H,7-11H2,1H3. The first-order chi connectivity index (χ1) is 8.25. The summed E-state index contributed by atoms with van der Waals surface area (Å²) in [4.78, 5) is 13.6. The Hall–Kier alpha value is -1.51. The van der Waals surface area contributed by atoms with Gasteiger partial charge in [-0.1, -0.05) is 37.3 Å². The zero-order valence-electron chi connectivity index (χ0n) is 10.3. The second-order valence-corrected chi connectivity index (χ2v) is 4.71. The van der Waals surface area contributed by atoms with Crippen LogP contribution < -0.4 is 0 Å². The maximum Gasteiger partial charge on any atom is 0.410 e. The van der Waals surface area contributed by atoms with Gasteiger partial charge in [0.15, 0.2) is 0 Å². The molecule has 0 aliphatic carbocycles. The summed E-state index contributed by atoms with van der Waals surface area (Å²) in [5.74, 6) is 0.730. The quantitative estimate of drug-likeness (QED) is 0.785. The van der Waals surface area contributed by atoms with Crippen LogP contribution in [0.3, 0.4) is 0 Å². The molecule has 1 heterocycles. The molecule has 1 aromatic rings. The van der Waals surface area contributed by atoms with Crippen molar-refractivity contribution in [3.63, 3.8) is 0 Å². The van der Waals surface area contributed by atoms with Crippen LogP contribution in [0.15, 0.2) is 30.3 Å². The fourth-order valence-electron chi connectivity index (χ4n) is 2.00. The van der Waals surface area contributed by atoms with Gasteiger partial charge >= 0.3 is 6.09 Å². The SMILES string of the molecule is CC1CCN(C(=O)OCc2ccccc2)CC1. The molecule has 92 valence electrons. The number of benzene rings is 1. The van der Waals surface area contributed by atoms with Crippen LogP contribution in [-0.4, -0.2) is 24.1 Å². The molecule has 1 amide bonds. The first-order valence-electron chi connectivity index (χ1n) is 6.21. The minimum absolute atomic E-state index is 0.180. The summed E-state index contributed by atoms with van der Waals surface area (Å²) in [6, 6.07) is 9.78. The molecule has 17 heavy (non-hydrogen) atoms. The molecule has 1 aromatic carbocycles. The van der Waals surface area contributed by atoms with Crippen molar-refractivity contribution in [3.8, 4) is 0 Å². The number of amides is 1. The minimum Gasteiger partial charge on any atom is -0.445 e. The van der Waals surface area contributed by atoms with E-state index >= 15 is 0 Å². The number of piperidine rings is 1. The number of hydrogen-bond acceptors (Lipinski definition) is 2. The average molecular weight is 233 g/mol. The first kappa shape index (κ1) is 12.0. The molecule has 0 unspecified atom stereocenters. The van der Waals surface area contributed by atoms with Crippen LogP contribution in [0, 0.1) is 5.92 Å². The van der Waals surface area contributed by atoms with Crippen molar-refractivity contribution in [2.75, 3.05) is 13.1 Å². The highest BCUT2D eigenvalue weighted by Gasteiger charge is 2.21. The Balaban J connectivity index is 1.78. The largest absolute Gasteiger partial charge is 0.445 e. The normalized spacial score (nSPS) is 16.9. The molecule has 1 aliphatic heterocycles. The lowest BCUT2D eigenvalue weighted by Gasteiger charge is -2.29. The van der Waals surface area contributed by atoms with Gasteiger partial charge in [0.25, 0.3) is 0 Å². The van der Waals surface area contributed by atoms with Crippen molar-refractivity contribution in [1.29, 1.82) is 0 Å². The van der Waals surface area contributed by atoms with E-state index in [0.717, 1.165) is 37.4 Å². The molecule has 0 bridgehead atoms. The summed E-state index contributed by atoms with van der Waals surface area (Å²) in [5, 5.41) is 0. The lowest BCUT2D eigenvalue weighted by molar-refractivity contribution is 0.0837. The second kappa shape index (κ2) is 5.71. The van der Waals surface area contributed by atoms with Gasteiger partial charge in [-0.05, 0) is 24.3 Å². The lowest BCUT2D eigenvalue weighted by atomic mass is 10.00. The van der Waals surface area contributed by atoms with Crippen molar-refractivity contribution in [3.05, 3.63) is 35.9 Å². The van der Waals surface area contributed by atoms with Gasteiger partial charge in [0, 0.05) is 13.1 Å². The highest BCUT2D eigenvalue weighted by molar-refractivity contribution is 5.67. The lowest BCUT2D eigenvalue weighted by Crippen LogP contribution is -2.38. The topological polar surface area (TPSA) is 29.5 Å². The van der Waals surface area contributed by atoms with Gasteiger partial charge in [-0.15, -0.1) is 0 Å². The Morgan fingerprint density at radius 2 is 1.94 bits per heavy atom. The molecule has 1 aliphatic rings. The van der Waals surface area contributed by atoms with Crippen molar-refractivity contribution >= 4 is 6.09 Å². The third-order valence-electron chi connectivity index (χ3n) is 3.25. The number of hydrogen-bond donors (Lipinski definition) is 0. The molecule has 0 N–H and O–H groups in total. The Morgan fingerprint density at radius 3 is 2.59 bits per heavy atom. The molecule has 1 saturated heterocycles. The number of carbonyl (C=O) groups is 1. The maximum atomic E-state index is 11.8. The zero-order valence-corrected chi connectivity index (χ0v) is 10.3.